The molecule has 7 nitrogen and oxygen atoms in total. The van der Waals surface area contributed by atoms with E-state index in [0.717, 1.165) is 11.0 Å². The van der Waals surface area contributed by atoms with Crippen molar-refractivity contribution in [1.29, 1.82) is 0 Å². The van der Waals surface area contributed by atoms with Crippen LogP contribution in [0.1, 0.15) is 24.2 Å². The quantitative estimate of drug-likeness (QED) is 0.598. The van der Waals surface area contributed by atoms with Gasteiger partial charge in [0.25, 0.3) is 11.8 Å². The number of carbonyl (C=O) groups is 3. The lowest BCUT2D eigenvalue weighted by atomic mass is 10.2. The summed E-state index contributed by atoms with van der Waals surface area (Å²) < 4.78 is 5.11. The number of β-amino-alcohol motifs (C(OH)–C–C–N with tert-alkyl or cyclic N) is 1. The Kier molecular flexibility index (Phi) is 5.13. The lowest BCUT2D eigenvalue weighted by Crippen LogP contribution is -2.34. The number of aliphatic hydroxyl groups excluding tert-OH is 1. The summed E-state index contributed by atoms with van der Waals surface area (Å²) in [5.41, 5.74) is 0.924. The first kappa shape index (κ1) is 16.7. The third-order valence-corrected chi connectivity index (χ3v) is 3.05. The van der Waals surface area contributed by atoms with Crippen LogP contribution in [0.3, 0.4) is 0 Å². The van der Waals surface area contributed by atoms with Gasteiger partial charge in [0.1, 0.15) is 5.70 Å². The number of anilines is 1. The van der Waals surface area contributed by atoms with Crippen LogP contribution in [0.25, 0.3) is 0 Å². The summed E-state index contributed by atoms with van der Waals surface area (Å²) in [6.07, 6.45) is 0.930. The Morgan fingerprint density at radius 2 is 2.09 bits per heavy atom. The average molecular weight is 318 g/mol. The zero-order chi connectivity index (χ0) is 17.0. The molecule has 0 aliphatic carbocycles. The lowest BCUT2D eigenvalue weighted by molar-refractivity contribution is -0.137. The van der Waals surface area contributed by atoms with Gasteiger partial charge in [-0.1, -0.05) is 6.07 Å². The zero-order valence-electron chi connectivity index (χ0n) is 12.9. The maximum Gasteiger partial charge on any atom is 0.338 e. The highest BCUT2D eigenvalue weighted by molar-refractivity contribution is 6.17. The predicted molar refractivity (Wildman–Crippen MR) is 82.5 cm³/mol. The van der Waals surface area contributed by atoms with E-state index in [4.69, 9.17) is 9.84 Å². The Morgan fingerprint density at radius 1 is 1.35 bits per heavy atom. The van der Waals surface area contributed by atoms with Crippen LogP contribution in [-0.2, 0) is 14.3 Å². The molecule has 0 saturated heterocycles. The summed E-state index contributed by atoms with van der Waals surface area (Å²) in [6, 6.07) is 6.45. The molecule has 1 aliphatic rings. The van der Waals surface area contributed by atoms with Gasteiger partial charge in [-0.15, -0.1) is 0 Å². The molecule has 0 atom stereocenters. The summed E-state index contributed by atoms with van der Waals surface area (Å²) in [7, 11) is 0. The molecule has 0 fully saturated rings. The van der Waals surface area contributed by atoms with Crippen molar-refractivity contribution in [3.63, 3.8) is 0 Å². The highest BCUT2D eigenvalue weighted by Gasteiger charge is 2.30. The number of nitrogens with one attached hydrogen (secondary N) is 1. The van der Waals surface area contributed by atoms with Crippen LogP contribution in [0.15, 0.2) is 36.0 Å². The molecule has 1 aliphatic heterocycles. The number of carbonyl (C=O) groups excluding carboxylic acids is 3. The Bertz CT molecular complexity index is 666. The van der Waals surface area contributed by atoms with E-state index in [1.807, 2.05) is 0 Å². The van der Waals surface area contributed by atoms with Crippen molar-refractivity contribution in [2.24, 2.45) is 0 Å². The van der Waals surface area contributed by atoms with E-state index in [1.165, 1.54) is 6.07 Å². The Morgan fingerprint density at radius 3 is 2.74 bits per heavy atom. The molecule has 2 N–H and O–H groups in total. The molecule has 7 heteroatoms. The number of aliphatic hydroxyl groups is 1. The molecule has 122 valence electrons. The third kappa shape index (κ3) is 3.95. The van der Waals surface area contributed by atoms with Crippen molar-refractivity contribution in [3.05, 3.63) is 41.6 Å². The molecule has 0 saturated carbocycles. The SMILES string of the molecule is CC(C)OC(=O)c1cccc(NC2=CC(=O)N(CCO)C2=O)c1. The monoisotopic (exact) mass is 318 g/mol. The predicted octanol–water partition coefficient (Wildman–Crippen LogP) is 0.909. The van der Waals surface area contributed by atoms with Crippen LogP contribution in [0, 0.1) is 0 Å². The van der Waals surface area contributed by atoms with Gasteiger partial charge in [0.15, 0.2) is 0 Å². The molecule has 2 rings (SSSR count). The second-order valence-corrected chi connectivity index (χ2v) is 5.24. The molecule has 23 heavy (non-hydrogen) atoms. The van der Waals surface area contributed by atoms with E-state index in [-0.39, 0.29) is 25.0 Å². The van der Waals surface area contributed by atoms with Crippen LogP contribution in [0.4, 0.5) is 5.69 Å². The van der Waals surface area contributed by atoms with Crippen molar-refractivity contribution in [2.75, 3.05) is 18.5 Å². The number of ether oxygens (including phenoxy) is 1. The summed E-state index contributed by atoms with van der Waals surface area (Å²) in [5.74, 6) is -1.46. The minimum absolute atomic E-state index is 0.0555. The molecule has 0 aromatic heterocycles. The molecule has 0 radical (unpaired) electrons. The summed E-state index contributed by atoms with van der Waals surface area (Å²) in [5, 5.41) is 11.7. The van der Waals surface area contributed by atoms with Gasteiger partial charge in [0.2, 0.25) is 0 Å². The number of benzene rings is 1. The van der Waals surface area contributed by atoms with E-state index in [0.29, 0.717) is 11.3 Å². The van der Waals surface area contributed by atoms with Crippen LogP contribution in [0.5, 0.6) is 0 Å². The standard InChI is InChI=1S/C16H18N2O5/c1-10(2)23-16(22)11-4-3-5-12(8-11)17-13-9-14(20)18(6-7-19)15(13)21/h3-5,8-10,17,19H,6-7H2,1-2H3. The van der Waals surface area contributed by atoms with Gasteiger partial charge in [-0.3, -0.25) is 14.5 Å². The first-order chi connectivity index (χ1) is 10.9. The summed E-state index contributed by atoms with van der Waals surface area (Å²) >= 11 is 0. The molecule has 0 bridgehead atoms. The molecule has 0 spiro atoms. The molecular formula is C16H18N2O5. The van der Waals surface area contributed by atoms with Crippen molar-refractivity contribution >= 4 is 23.5 Å². The van der Waals surface area contributed by atoms with Crippen LogP contribution < -0.4 is 5.32 Å². The fraction of sp³-hybridized carbons (Fsp3) is 0.312. The first-order valence-corrected chi connectivity index (χ1v) is 7.19. The highest BCUT2D eigenvalue weighted by Crippen LogP contribution is 2.18. The van der Waals surface area contributed by atoms with Crippen molar-refractivity contribution < 1.29 is 24.2 Å². The van der Waals surface area contributed by atoms with Crippen LogP contribution in [0.2, 0.25) is 0 Å². The summed E-state index contributed by atoms with van der Waals surface area (Å²) in [6.45, 7) is 3.15. The minimum atomic E-state index is -0.515. The fourth-order valence-electron chi connectivity index (χ4n) is 2.07. The number of amides is 2. The number of hydrogen-bond acceptors (Lipinski definition) is 6. The van der Waals surface area contributed by atoms with Crippen LogP contribution in [-0.4, -0.2) is 47.0 Å². The Hall–Kier alpha value is -2.67. The van der Waals surface area contributed by atoms with Gasteiger partial charge >= 0.3 is 5.97 Å². The van der Waals surface area contributed by atoms with Gasteiger partial charge in [-0.2, -0.15) is 0 Å². The molecule has 1 aromatic rings. The minimum Gasteiger partial charge on any atom is -0.459 e. The lowest BCUT2D eigenvalue weighted by Gasteiger charge is -2.14. The van der Waals surface area contributed by atoms with Crippen molar-refractivity contribution in [1.82, 2.24) is 4.90 Å². The van der Waals surface area contributed by atoms with Crippen molar-refractivity contribution in [3.8, 4) is 0 Å². The zero-order valence-corrected chi connectivity index (χ0v) is 12.9. The van der Waals surface area contributed by atoms with Crippen molar-refractivity contribution in [2.45, 2.75) is 20.0 Å². The smallest absolute Gasteiger partial charge is 0.338 e. The highest BCUT2D eigenvalue weighted by atomic mass is 16.5. The molecular weight excluding hydrogens is 300 g/mol. The maximum atomic E-state index is 12.0. The number of hydrogen-bond donors (Lipinski definition) is 2. The van der Waals surface area contributed by atoms with Gasteiger partial charge < -0.3 is 15.2 Å². The number of esters is 1. The Labute approximate surface area is 133 Å². The number of imide groups is 1. The summed E-state index contributed by atoms with van der Waals surface area (Å²) in [4.78, 5) is 36.5. The van der Waals surface area contributed by atoms with Gasteiger partial charge in [0.05, 0.1) is 24.8 Å². The molecule has 1 aromatic carbocycles. The maximum absolute atomic E-state index is 12.0. The van der Waals surface area contributed by atoms with E-state index in [1.54, 1.807) is 32.0 Å². The molecule has 2 amide bonds. The van der Waals surface area contributed by atoms with Crippen LogP contribution >= 0.6 is 0 Å². The van der Waals surface area contributed by atoms with Gasteiger partial charge in [-0.25, -0.2) is 4.79 Å². The third-order valence-electron chi connectivity index (χ3n) is 3.05. The van der Waals surface area contributed by atoms with E-state index >= 15 is 0 Å². The molecule has 1 heterocycles. The topological polar surface area (TPSA) is 95.9 Å². The first-order valence-electron chi connectivity index (χ1n) is 7.19. The average Bonchev–Trinajstić information content (AvgIpc) is 2.75. The second-order valence-electron chi connectivity index (χ2n) is 5.24. The second kappa shape index (κ2) is 7.06. The Balaban J connectivity index is 2.12. The van der Waals surface area contributed by atoms with E-state index in [9.17, 15) is 14.4 Å². The van der Waals surface area contributed by atoms with E-state index < -0.39 is 17.8 Å². The van der Waals surface area contributed by atoms with Gasteiger partial charge in [0, 0.05) is 11.8 Å². The van der Waals surface area contributed by atoms with Gasteiger partial charge in [-0.05, 0) is 32.0 Å². The largest absolute Gasteiger partial charge is 0.459 e. The fourth-order valence-corrected chi connectivity index (χ4v) is 2.07. The van der Waals surface area contributed by atoms with E-state index in [2.05, 4.69) is 5.32 Å². The number of nitrogens with zero attached hydrogens (tertiary/aromatic N) is 1. The normalized spacial score (nSPS) is 14.3. The number of rotatable bonds is 6. The molecule has 0 unspecified atom stereocenters.